The number of carbonyl (C=O) groups excluding carboxylic acids is 1. The van der Waals surface area contributed by atoms with Crippen LogP contribution in [0.15, 0.2) is 65.1 Å². The summed E-state index contributed by atoms with van der Waals surface area (Å²) in [7, 11) is 1.57. The SMILES string of the molecule is COc1ccc(NC(=O)Nc2n[nH]c3ccc(OCc4ccc(Br)cc4F)cc23)cc1. The fraction of sp³-hybridized carbons (Fsp3) is 0.0909. The maximum absolute atomic E-state index is 14.0. The zero-order chi connectivity index (χ0) is 21.8. The number of benzene rings is 3. The number of ether oxygens (including phenoxy) is 2. The van der Waals surface area contributed by atoms with Crippen molar-refractivity contribution in [2.24, 2.45) is 0 Å². The normalized spacial score (nSPS) is 10.7. The molecule has 158 valence electrons. The molecule has 3 N–H and O–H groups in total. The van der Waals surface area contributed by atoms with Crippen LogP contribution in [0.4, 0.5) is 20.7 Å². The molecule has 0 fully saturated rings. The Labute approximate surface area is 185 Å². The van der Waals surface area contributed by atoms with E-state index in [0.717, 1.165) is 5.52 Å². The number of urea groups is 1. The summed E-state index contributed by atoms with van der Waals surface area (Å²) in [6, 6.07) is 16.6. The highest BCUT2D eigenvalue weighted by Gasteiger charge is 2.11. The molecule has 0 atom stereocenters. The number of aromatic nitrogens is 2. The van der Waals surface area contributed by atoms with Crippen molar-refractivity contribution in [3.05, 3.63) is 76.5 Å². The highest BCUT2D eigenvalue weighted by molar-refractivity contribution is 9.10. The van der Waals surface area contributed by atoms with E-state index < -0.39 is 6.03 Å². The molecule has 2 amide bonds. The van der Waals surface area contributed by atoms with E-state index in [4.69, 9.17) is 9.47 Å². The Bertz CT molecular complexity index is 1230. The molecular formula is C22H18BrFN4O3. The van der Waals surface area contributed by atoms with Crippen LogP contribution in [0.2, 0.25) is 0 Å². The second-order valence-corrected chi connectivity index (χ2v) is 7.53. The fourth-order valence-corrected chi connectivity index (χ4v) is 3.26. The fourth-order valence-electron chi connectivity index (χ4n) is 2.92. The number of amides is 2. The Morgan fingerprint density at radius 2 is 1.84 bits per heavy atom. The van der Waals surface area contributed by atoms with Crippen LogP contribution in [0, 0.1) is 5.82 Å². The van der Waals surface area contributed by atoms with Gasteiger partial charge in [0.1, 0.15) is 23.9 Å². The van der Waals surface area contributed by atoms with Crippen molar-refractivity contribution in [2.75, 3.05) is 17.7 Å². The summed E-state index contributed by atoms with van der Waals surface area (Å²) in [4.78, 5) is 12.4. The van der Waals surface area contributed by atoms with Gasteiger partial charge in [0.05, 0.1) is 12.6 Å². The molecule has 4 aromatic rings. The second kappa shape index (κ2) is 9.05. The van der Waals surface area contributed by atoms with Gasteiger partial charge in [-0.1, -0.05) is 22.0 Å². The summed E-state index contributed by atoms with van der Waals surface area (Å²) in [5.74, 6) is 1.22. The Kier molecular flexibility index (Phi) is 6.03. The molecule has 1 heterocycles. The molecule has 0 radical (unpaired) electrons. The minimum absolute atomic E-state index is 0.0726. The second-order valence-electron chi connectivity index (χ2n) is 6.61. The number of rotatable bonds is 6. The summed E-state index contributed by atoms with van der Waals surface area (Å²) in [6.45, 7) is 0.0726. The Morgan fingerprint density at radius 1 is 1.06 bits per heavy atom. The number of hydrogen-bond acceptors (Lipinski definition) is 4. The van der Waals surface area contributed by atoms with E-state index in [1.165, 1.54) is 6.07 Å². The van der Waals surface area contributed by atoms with Gasteiger partial charge in [0, 0.05) is 21.1 Å². The van der Waals surface area contributed by atoms with Gasteiger partial charge < -0.3 is 14.8 Å². The van der Waals surface area contributed by atoms with Gasteiger partial charge in [-0.05, 0) is 54.6 Å². The summed E-state index contributed by atoms with van der Waals surface area (Å²) in [5.41, 5.74) is 1.77. The number of anilines is 2. The van der Waals surface area contributed by atoms with Gasteiger partial charge in [-0.25, -0.2) is 9.18 Å². The van der Waals surface area contributed by atoms with Crippen molar-refractivity contribution in [1.82, 2.24) is 10.2 Å². The molecule has 0 saturated carbocycles. The summed E-state index contributed by atoms with van der Waals surface area (Å²) in [5, 5.41) is 13.1. The van der Waals surface area contributed by atoms with Crippen molar-refractivity contribution < 1.29 is 18.7 Å². The van der Waals surface area contributed by atoms with Crippen molar-refractivity contribution in [2.45, 2.75) is 6.61 Å². The molecule has 0 aliphatic heterocycles. The molecule has 9 heteroatoms. The zero-order valence-electron chi connectivity index (χ0n) is 16.4. The maximum Gasteiger partial charge on any atom is 0.324 e. The molecular weight excluding hydrogens is 467 g/mol. The monoisotopic (exact) mass is 484 g/mol. The van der Waals surface area contributed by atoms with E-state index in [0.29, 0.717) is 38.4 Å². The van der Waals surface area contributed by atoms with Gasteiger partial charge in [-0.2, -0.15) is 5.10 Å². The molecule has 0 aliphatic rings. The first-order chi connectivity index (χ1) is 15.0. The van der Waals surface area contributed by atoms with Gasteiger partial charge in [0.25, 0.3) is 0 Å². The zero-order valence-corrected chi connectivity index (χ0v) is 18.0. The number of carbonyl (C=O) groups is 1. The molecule has 0 spiro atoms. The van der Waals surface area contributed by atoms with Crippen molar-refractivity contribution in [1.29, 1.82) is 0 Å². The quantitative estimate of drug-likeness (QED) is 0.327. The van der Waals surface area contributed by atoms with Crippen molar-refractivity contribution in [3.63, 3.8) is 0 Å². The van der Waals surface area contributed by atoms with E-state index in [2.05, 4.69) is 36.8 Å². The molecule has 0 saturated heterocycles. The van der Waals surface area contributed by atoms with Gasteiger partial charge in [0.15, 0.2) is 5.82 Å². The average molecular weight is 485 g/mol. The molecule has 1 aromatic heterocycles. The number of methoxy groups -OCH3 is 1. The Hall–Kier alpha value is -3.59. The lowest BCUT2D eigenvalue weighted by Crippen LogP contribution is -2.19. The Balaban J connectivity index is 1.45. The van der Waals surface area contributed by atoms with Crippen LogP contribution in [-0.2, 0) is 6.61 Å². The van der Waals surface area contributed by atoms with E-state index in [9.17, 15) is 9.18 Å². The molecule has 4 rings (SSSR count). The lowest BCUT2D eigenvalue weighted by Gasteiger charge is -2.09. The highest BCUT2D eigenvalue weighted by atomic mass is 79.9. The third-order valence-corrected chi connectivity index (χ3v) is 5.02. The first kappa shape index (κ1) is 20.7. The molecule has 0 bridgehead atoms. The van der Waals surface area contributed by atoms with Crippen LogP contribution in [-0.4, -0.2) is 23.3 Å². The van der Waals surface area contributed by atoms with Gasteiger partial charge in [-0.3, -0.25) is 10.4 Å². The van der Waals surface area contributed by atoms with E-state index in [-0.39, 0.29) is 12.4 Å². The third-order valence-electron chi connectivity index (χ3n) is 4.52. The van der Waals surface area contributed by atoms with Crippen LogP contribution in [0.1, 0.15) is 5.56 Å². The van der Waals surface area contributed by atoms with Crippen LogP contribution in [0.5, 0.6) is 11.5 Å². The maximum atomic E-state index is 14.0. The molecule has 31 heavy (non-hydrogen) atoms. The van der Waals surface area contributed by atoms with Crippen LogP contribution < -0.4 is 20.1 Å². The van der Waals surface area contributed by atoms with Crippen molar-refractivity contribution >= 4 is 44.4 Å². The number of H-pyrrole nitrogens is 1. The molecule has 7 nitrogen and oxygen atoms in total. The minimum Gasteiger partial charge on any atom is -0.497 e. The van der Waals surface area contributed by atoms with Crippen LogP contribution in [0.25, 0.3) is 10.9 Å². The predicted molar refractivity (Wildman–Crippen MR) is 120 cm³/mol. The summed E-state index contributed by atoms with van der Waals surface area (Å²) < 4.78 is 25.5. The van der Waals surface area contributed by atoms with Gasteiger partial charge in [-0.15, -0.1) is 0 Å². The number of nitrogens with one attached hydrogen (secondary N) is 3. The third kappa shape index (κ3) is 4.95. The molecule has 0 aliphatic carbocycles. The minimum atomic E-state index is -0.443. The standard InChI is InChI=1S/C22H18BrFN4O3/c1-30-16-6-4-15(5-7-16)25-22(29)26-21-18-11-17(8-9-20(18)27-28-21)31-12-13-2-3-14(23)10-19(13)24/h2-11H,12H2,1H3,(H3,25,26,27,28,29). The smallest absolute Gasteiger partial charge is 0.324 e. The number of aromatic amines is 1. The number of halogens is 2. The van der Waals surface area contributed by atoms with Gasteiger partial charge >= 0.3 is 6.03 Å². The van der Waals surface area contributed by atoms with E-state index >= 15 is 0 Å². The number of fused-ring (bicyclic) bond motifs is 1. The predicted octanol–water partition coefficient (Wildman–Crippen LogP) is 5.70. The number of hydrogen-bond donors (Lipinski definition) is 3. The summed E-state index contributed by atoms with van der Waals surface area (Å²) >= 11 is 3.23. The van der Waals surface area contributed by atoms with Gasteiger partial charge in [0.2, 0.25) is 0 Å². The first-order valence-corrected chi connectivity index (χ1v) is 10.1. The summed E-state index contributed by atoms with van der Waals surface area (Å²) in [6.07, 6.45) is 0. The van der Waals surface area contributed by atoms with Crippen LogP contribution >= 0.6 is 15.9 Å². The highest BCUT2D eigenvalue weighted by Crippen LogP contribution is 2.26. The molecule has 0 unspecified atom stereocenters. The van der Waals surface area contributed by atoms with E-state index in [1.54, 1.807) is 61.7 Å². The van der Waals surface area contributed by atoms with E-state index in [1.807, 2.05) is 0 Å². The molecule has 3 aromatic carbocycles. The average Bonchev–Trinajstić information content (AvgIpc) is 3.15. The van der Waals surface area contributed by atoms with Crippen molar-refractivity contribution in [3.8, 4) is 11.5 Å². The Morgan fingerprint density at radius 3 is 2.58 bits per heavy atom. The topological polar surface area (TPSA) is 88.3 Å². The lowest BCUT2D eigenvalue weighted by atomic mass is 10.2. The largest absolute Gasteiger partial charge is 0.497 e. The lowest BCUT2D eigenvalue weighted by molar-refractivity contribution is 0.262. The number of nitrogens with zero attached hydrogens (tertiary/aromatic N) is 1. The van der Waals surface area contributed by atoms with Crippen LogP contribution in [0.3, 0.4) is 0 Å². The first-order valence-electron chi connectivity index (χ1n) is 9.29.